The zero-order valence-corrected chi connectivity index (χ0v) is 6.55. The lowest BCUT2D eigenvalue weighted by molar-refractivity contribution is 0.224. The maximum absolute atomic E-state index is 10.5. The number of hydrogen-bond donors (Lipinski definition) is 3. The minimum Gasteiger partial charge on any atom is -0.344 e. The highest BCUT2D eigenvalue weighted by atomic mass is 16.2. The highest BCUT2D eigenvalue weighted by molar-refractivity contribution is 5.74. The van der Waals surface area contributed by atoms with E-state index in [0.29, 0.717) is 0 Å². The van der Waals surface area contributed by atoms with Crippen LogP contribution < -0.4 is 17.6 Å². The molecule has 0 aromatic carbocycles. The van der Waals surface area contributed by atoms with Crippen LogP contribution in [0.25, 0.3) is 0 Å². The van der Waals surface area contributed by atoms with E-state index in [1.807, 2.05) is 0 Å². The number of carbonyl (C=O) groups excluding carboxylic acids is 1. The summed E-state index contributed by atoms with van der Waals surface area (Å²) in [4.78, 5) is 11.8. The van der Waals surface area contributed by atoms with Crippen LogP contribution in [0.2, 0.25) is 0 Å². The Morgan fingerprint density at radius 1 is 1.60 bits per heavy atom. The summed E-state index contributed by atoms with van der Waals surface area (Å²) in [5.74, 6) is 0. The van der Waals surface area contributed by atoms with Crippen molar-refractivity contribution in [1.82, 2.24) is 22.5 Å². The molecule has 0 aliphatic rings. The summed E-state index contributed by atoms with van der Waals surface area (Å²) in [6, 6.07) is -0.153. The number of nitrogens with one attached hydrogen (secondary N) is 1. The monoisotopic (exact) mass is 148 g/mol. The third-order valence-corrected chi connectivity index (χ3v) is 0.808. The van der Waals surface area contributed by atoms with Crippen molar-refractivity contribution in [2.75, 3.05) is 14.1 Å². The number of hydrogen-bond acceptors (Lipinski definition) is 3. The lowest BCUT2D eigenvalue weighted by Crippen LogP contribution is -2.30. The third kappa shape index (κ3) is 5.07. The Kier molecular flexibility index (Phi) is 12.7. The van der Waals surface area contributed by atoms with E-state index in [1.54, 1.807) is 14.1 Å². The van der Waals surface area contributed by atoms with Crippen molar-refractivity contribution >= 4 is 6.03 Å². The molecule has 5 heteroatoms. The molecule has 0 radical (unpaired) electrons. The fourth-order valence-corrected chi connectivity index (χ4v) is 0.259. The number of carbonyl (C=O) groups is 1. The van der Waals surface area contributed by atoms with Gasteiger partial charge in [0, 0.05) is 20.3 Å². The van der Waals surface area contributed by atoms with Crippen LogP contribution in [0.3, 0.4) is 0 Å². The van der Waals surface area contributed by atoms with Crippen molar-refractivity contribution < 1.29 is 4.79 Å². The molecule has 0 rings (SSSR count). The molecule has 62 valence electrons. The van der Waals surface area contributed by atoms with Crippen LogP contribution in [0.4, 0.5) is 4.79 Å². The van der Waals surface area contributed by atoms with Gasteiger partial charge in [-0.2, -0.15) is 0 Å². The van der Waals surface area contributed by atoms with Crippen LogP contribution in [0.15, 0.2) is 12.8 Å². The molecule has 10 heavy (non-hydrogen) atoms. The highest BCUT2D eigenvalue weighted by Gasteiger charge is 1.96. The summed E-state index contributed by atoms with van der Waals surface area (Å²) in [5, 5.41) is 2.43. The van der Waals surface area contributed by atoms with Crippen molar-refractivity contribution in [2.24, 2.45) is 0 Å². The number of amides is 2. The molecule has 7 N–H and O–H groups in total. The van der Waals surface area contributed by atoms with E-state index in [0.717, 1.165) is 0 Å². The Bertz CT molecular complexity index is 104. The molecule has 0 saturated heterocycles. The molecule has 0 aromatic heterocycles. The number of rotatable bonds is 1. The minimum absolute atomic E-state index is 0. The summed E-state index contributed by atoms with van der Waals surface area (Å²) in [6.07, 6.45) is 1.44. The maximum Gasteiger partial charge on any atom is 0.320 e. The van der Waals surface area contributed by atoms with Gasteiger partial charge >= 0.3 is 6.03 Å². The molecule has 0 aliphatic carbocycles. The van der Waals surface area contributed by atoms with Crippen molar-refractivity contribution in [1.29, 1.82) is 0 Å². The van der Waals surface area contributed by atoms with E-state index in [9.17, 15) is 4.79 Å². The molecule has 0 heterocycles. The van der Waals surface area contributed by atoms with Crippen LogP contribution in [0.5, 0.6) is 0 Å². The molecule has 0 bridgehead atoms. The van der Waals surface area contributed by atoms with Gasteiger partial charge in [0.15, 0.2) is 0 Å². The molecule has 0 saturated carbocycles. The standard InChI is InChI=1S/C5H10N2O.2H3N/c1-4-7(3)5(8)6-2;;/h4H,1H2,2-3H3,(H,6,8);2*1H3. The van der Waals surface area contributed by atoms with E-state index in [4.69, 9.17) is 0 Å². The highest BCUT2D eigenvalue weighted by Crippen LogP contribution is 1.79. The van der Waals surface area contributed by atoms with E-state index in [2.05, 4.69) is 11.9 Å². The molecular formula is C5H16N4O. The first kappa shape index (κ1) is 16.0. The van der Waals surface area contributed by atoms with E-state index >= 15 is 0 Å². The fraction of sp³-hybridized carbons (Fsp3) is 0.400. The van der Waals surface area contributed by atoms with Crippen molar-refractivity contribution in [3.05, 3.63) is 12.8 Å². The van der Waals surface area contributed by atoms with Crippen LogP contribution in [-0.4, -0.2) is 25.0 Å². The van der Waals surface area contributed by atoms with Gasteiger partial charge in [0.1, 0.15) is 0 Å². The Hall–Kier alpha value is -1.07. The van der Waals surface area contributed by atoms with Crippen molar-refractivity contribution in [3.63, 3.8) is 0 Å². The first-order valence-corrected chi connectivity index (χ1v) is 2.29. The number of urea groups is 1. The molecule has 0 fully saturated rings. The summed E-state index contributed by atoms with van der Waals surface area (Å²) in [7, 11) is 3.20. The van der Waals surface area contributed by atoms with Gasteiger partial charge in [-0.05, 0) is 0 Å². The normalized spacial score (nSPS) is 6.20. The van der Waals surface area contributed by atoms with Gasteiger partial charge in [0.05, 0.1) is 0 Å². The SMILES string of the molecule is C=CN(C)C(=O)NC.N.N. The predicted molar refractivity (Wildman–Crippen MR) is 42.5 cm³/mol. The Labute approximate surface area is 61.3 Å². The molecular weight excluding hydrogens is 132 g/mol. The second-order valence-corrected chi connectivity index (χ2v) is 1.35. The summed E-state index contributed by atoms with van der Waals surface area (Å²) >= 11 is 0. The van der Waals surface area contributed by atoms with E-state index in [1.165, 1.54) is 11.1 Å². The zero-order valence-electron chi connectivity index (χ0n) is 6.55. The predicted octanol–water partition coefficient (Wildman–Crippen LogP) is 0.725. The van der Waals surface area contributed by atoms with E-state index < -0.39 is 0 Å². The topological polar surface area (TPSA) is 102 Å². The lowest BCUT2D eigenvalue weighted by atomic mass is 10.7. The van der Waals surface area contributed by atoms with E-state index in [-0.39, 0.29) is 18.3 Å². The average Bonchev–Trinajstić information content (AvgIpc) is 1.84. The first-order chi connectivity index (χ1) is 3.72. The van der Waals surface area contributed by atoms with Gasteiger partial charge in [0.25, 0.3) is 0 Å². The molecule has 5 nitrogen and oxygen atoms in total. The second-order valence-electron chi connectivity index (χ2n) is 1.35. The molecule has 0 unspecified atom stereocenters. The van der Waals surface area contributed by atoms with Gasteiger partial charge in [-0.1, -0.05) is 6.58 Å². The number of nitrogens with zero attached hydrogens (tertiary/aromatic N) is 1. The molecule has 0 spiro atoms. The summed E-state index contributed by atoms with van der Waals surface area (Å²) in [5.41, 5.74) is 0. The maximum atomic E-state index is 10.5. The Morgan fingerprint density at radius 3 is 2.10 bits per heavy atom. The van der Waals surface area contributed by atoms with Crippen LogP contribution in [0.1, 0.15) is 0 Å². The molecule has 0 aromatic rings. The largest absolute Gasteiger partial charge is 0.344 e. The Balaban J connectivity index is -0.000000245. The van der Waals surface area contributed by atoms with Crippen molar-refractivity contribution in [3.8, 4) is 0 Å². The van der Waals surface area contributed by atoms with Gasteiger partial charge in [0.2, 0.25) is 0 Å². The van der Waals surface area contributed by atoms with Crippen LogP contribution in [0, 0.1) is 0 Å². The second kappa shape index (κ2) is 7.93. The summed E-state index contributed by atoms with van der Waals surface area (Å²) < 4.78 is 0. The van der Waals surface area contributed by atoms with Gasteiger partial charge in [-0.25, -0.2) is 4.79 Å². The minimum atomic E-state index is -0.153. The average molecular weight is 148 g/mol. The van der Waals surface area contributed by atoms with Crippen LogP contribution >= 0.6 is 0 Å². The first-order valence-electron chi connectivity index (χ1n) is 2.29. The van der Waals surface area contributed by atoms with Gasteiger partial charge < -0.3 is 22.5 Å². The summed E-state index contributed by atoms with van der Waals surface area (Å²) in [6.45, 7) is 3.39. The third-order valence-electron chi connectivity index (χ3n) is 0.808. The molecule has 0 aliphatic heterocycles. The Morgan fingerprint density at radius 2 is 2.00 bits per heavy atom. The van der Waals surface area contributed by atoms with Crippen molar-refractivity contribution in [2.45, 2.75) is 0 Å². The van der Waals surface area contributed by atoms with Crippen LogP contribution in [-0.2, 0) is 0 Å². The molecule has 2 amide bonds. The fourth-order valence-electron chi connectivity index (χ4n) is 0.259. The zero-order chi connectivity index (χ0) is 6.57. The smallest absolute Gasteiger partial charge is 0.320 e. The lowest BCUT2D eigenvalue weighted by Gasteiger charge is -2.08. The quantitative estimate of drug-likeness (QED) is 0.510. The van der Waals surface area contributed by atoms with Gasteiger partial charge in [-0.3, -0.25) is 0 Å². The molecule has 0 atom stereocenters. The van der Waals surface area contributed by atoms with Gasteiger partial charge in [-0.15, -0.1) is 0 Å².